The first-order chi connectivity index (χ1) is 8.88. The molecule has 2 N–H and O–H groups in total. The molecule has 1 aromatic heterocycles. The van der Waals surface area contributed by atoms with Crippen LogP contribution in [-0.2, 0) is 16.3 Å². The van der Waals surface area contributed by atoms with E-state index in [4.69, 9.17) is 5.73 Å². The van der Waals surface area contributed by atoms with Crippen molar-refractivity contribution >= 4 is 37.1 Å². The van der Waals surface area contributed by atoms with Gasteiger partial charge in [0.2, 0.25) is 0 Å². The highest BCUT2D eigenvalue weighted by Crippen LogP contribution is 2.27. The van der Waals surface area contributed by atoms with Crippen molar-refractivity contribution in [3.63, 3.8) is 0 Å². The van der Waals surface area contributed by atoms with Gasteiger partial charge >= 0.3 is 0 Å². The Balaban J connectivity index is 2.16. The molecule has 0 radical (unpaired) electrons. The van der Waals surface area contributed by atoms with Crippen LogP contribution in [-0.4, -0.2) is 14.7 Å². The van der Waals surface area contributed by atoms with Crippen LogP contribution in [0.3, 0.4) is 0 Å². The van der Waals surface area contributed by atoms with E-state index in [1.165, 1.54) is 11.1 Å². The number of nitrogens with two attached hydrogens (primary N) is 1. The number of hydrogen-bond donors (Lipinski definition) is 1. The molecular weight excluding hydrogens is 346 g/mol. The first-order valence-corrected chi connectivity index (χ1v) is 9.22. The molecule has 0 saturated heterocycles. The van der Waals surface area contributed by atoms with Crippen LogP contribution in [0, 0.1) is 0 Å². The van der Waals surface area contributed by atoms with Crippen LogP contribution in [0.2, 0.25) is 0 Å². The summed E-state index contributed by atoms with van der Waals surface area (Å²) >= 11 is 5.14. The first kappa shape index (κ1) is 14.7. The summed E-state index contributed by atoms with van der Waals surface area (Å²) in [6, 6.07) is 8.63. The molecular formula is C13H14BrNO2S2. The molecule has 0 amide bonds. The molecule has 2 rings (SSSR count). The molecule has 0 saturated carbocycles. The fourth-order valence-corrected chi connectivity index (χ4v) is 3.96. The Morgan fingerprint density at radius 2 is 1.89 bits per heavy atom. The third-order valence-electron chi connectivity index (χ3n) is 2.83. The molecule has 0 spiro atoms. The topological polar surface area (TPSA) is 60.2 Å². The van der Waals surface area contributed by atoms with Crippen molar-refractivity contribution in [2.75, 3.05) is 6.26 Å². The Hall–Kier alpha value is -0.690. The summed E-state index contributed by atoms with van der Waals surface area (Å²) in [6.45, 7) is 0. The Morgan fingerprint density at radius 3 is 2.37 bits per heavy atom. The largest absolute Gasteiger partial charge is 0.324 e. The van der Waals surface area contributed by atoms with Crippen molar-refractivity contribution in [1.82, 2.24) is 0 Å². The van der Waals surface area contributed by atoms with Crippen molar-refractivity contribution < 1.29 is 8.42 Å². The summed E-state index contributed by atoms with van der Waals surface area (Å²) < 4.78 is 23.8. The third kappa shape index (κ3) is 3.66. The minimum absolute atomic E-state index is 0.136. The second-order valence-electron chi connectivity index (χ2n) is 4.34. The maximum absolute atomic E-state index is 11.4. The highest BCUT2D eigenvalue weighted by atomic mass is 79.9. The molecule has 102 valence electrons. The summed E-state index contributed by atoms with van der Waals surface area (Å²) in [6.07, 6.45) is 1.93. The monoisotopic (exact) mass is 359 g/mol. The average molecular weight is 360 g/mol. The highest BCUT2D eigenvalue weighted by Gasteiger charge is 2.12. The van der Waals surface area contributed by atoms with E-state index >= 15 is 0 Å². The van der Waals surface area contributed by atoms with Gasteiger partial charge in [-0.25, -0.2) is 8.42 Å². The Morgan fingerprint density at radius 1 is 1.26 bits per heavy atom. The second kappa shape index (κ2) is 5.75. The molecule has 1 unspecified atom stereocenters. The molecule has 19 heavy (non-hydrogen) atoms. The Bertz CT molecular complexity index is 662. The van der Waals surface area contributed by atoms with Crippen LogP contribution in [0.15, 0.2) is 45.1 Å². The van der Waals surface area contributed by atoms with E-state index in [0.29, 0.717) is 4.90 Å². The zero-order valence-electron chi connectivity index (χ0n) is 10.3. The molecule has 3 nitrogen and oxygen atoms in total. The van der Waals surface area contributed by atoms with Gasteiger partial charge in [-0.2, -0.15) is 0 Å². The van der Waals surface area contributed by atoms with Crippen molar-refractivity contribution in [3.05, 3.63) is 50.6 Å². The van der Waals surface area contributed by atoms with Gasteiger partial charge in [0.25, 0.3) is 0 Å². The fraction of sp³-hybridized carbons (Fsp3) is 0.231. The summed E-state index contributed by atoms with van der Waals surface area (Å²) in [5.41, 5.74) is 7.09. The van der Waals surface area contributed by atoms with E-state index in [1.54, 1.807) is 35.6 Å². The van der Waals surface area contributed by atoms with Crippen molar-refractivity contribution in [2.45, 2.75) is 17.4 Å². The standard InChI is InChI=1S/C13H14BrNO2S2/c1-19(16,17)10-4-2-9(3-5-10)12(15)8-13-11(14)6-7-18-13/h2-7,12H,8,15H2,1H3. The maximum Gasteiger partial charge on any atom is 0.175 e. The lowest BCUT2D eigenvalue weighted by Crippen LogP contribution is -2.13. The van der Waals surface area contributed by atoms with E-state index in [9.17, 15) is 8.42 Å². The summed E-state index contributed by atoms with van der Waals surface area (Å²) in [7, 11) is -3.15. The average Bonchev–Trinajstić information content (AvgIpc) is 2.74. The molecule has 0 fully saturated rings. The fourth-order valence-electron chi connectivity index (χ4n) is 1.75. The van der Waals surface area contributed by atoms with Crippen LogP contribution < -0.4 is 5.73 Å². The van der Waals surface area contributed by atoms with Crippen LogP contribution in [0.5, 0.6) is 0 Å². The van der Waals surface area contributed by atoms with Gasteiger partial charge in [0.1, 0.15) is 0 Å². The first-order valence-electron chi connectivity index (χ1n) is 5.65. The lowest BCUT2D eigenvalue weighted by molar-refractivity contribution is 0.601. The Labute approximate surface area is 125 Å². The highest BCUT2D eigenvalue weighted by molar-refractivity contribution is 9.10. The smallest absolute Gasteiger partial charge is 0.175 e. The third-order valence-corrected chi connectivity index (χ3v) is 5.91. The molecule has 2 aromatic rings. The van der Waals surface area contributed by atoms with Crippen LogP contribution in [0.4, 0.5) is 0 Å². The second-order valence-corrected chi connectivity index (χ2v) is 8.21. The van der Waals surface area contributed by atoms with Crippen molar-refractivity contribution in [2.24, 2.45) is 5.73 Å². The molecule has 0 aliphatic rings. The van der Waals surface area contributed by atoms with Gasteiger partial charge in [-0.05, 0) is 45.1 Å². The summed E-state index contributed by atoms with van der Waals surface area (Å²) in [5.74, 6) is 0. The minimum Gasteiger partial charge on any atom is -0.324 e. The normalized spacial score (nSPS) is 13.4. The number of benzene rings is 1. The quantitative estimate of drug-likeness (QED) is 0.911. The number of sulfone groups is 1. The number of rotatable bonds is 4. The van der Waals surface area contributed by atoms with Crippen LogP contribution in [0.1, 0.15) is 16.5 Å². The van der Waals surface area contributed by atoms with E-state index in [0.717, 1.165) is 16.5 Å². The van der Waals surface area contributed by atoms with Crippen LogP contribution >= 0.6 is 27.3 Å². The number of halogens is 1. The summed E-state index contributed by atoms with van der Waals surface area (Å²) in [4.78, 5) is 1.51. The maximum atomic E-state index is 11.4. The van der Waals surface area contributed by atoms with Crippen molar-refractivity contribution in [3.8, 4) is 0 Å². The molecule has 1 aromatic carbocycles. The SMILES string of the molecule is CS(=O)(=O)c1ccc(C(N)Cc2sccc2Br)cc1. The van der Waals surface area contributed by atoms with Gasteiger partial charge in [-0.3, -0.25) is 0 Å². The molecule has 0 bridgehead atoms. The van der Waals surface area contributed by atoms with E-state index in [1.807, 2.05) is 11.4 Å². The zero-order valence-corrected chi connectivity index (χ0v) is 13.6. The number of thiophene rings is 1. The van der Waals surface area contributed by atoms with E-state index in [-0.39, 0.29) is 6.04 Å². The van der Waals surface area contributed by atoms with Gasteiger partial charge < -0.3 is 5.73 Å². The minimum atomic E-state index is -3.15. The molecule has 1 heterocycles. The van der Waals surface area contributed by atoms with Crippen LogP contribution in [0.25, 0.3) is 0 Å². The molecule has 0 aliphatic heterocycles. The summed E-state index contributed by atoms with van der Waals surface area (Å²) in [5, 5.41) is 2.01. The van der Waals surface area contributed by atoms with Gasteiger partial charge in [0.15, 0.2) is 9.84 Å². The molecule has 6 heteroatoms. The van der Waals surface area contributed by atoms with Gasteiger partial charge in [0, 0.05) is 28.1 Å². The Kier molecular flexibility index (Phi) is 4.45. The molecule has 0 aliphatic carbocycles. The van der Waals surface area contributed by atoms with Gasteiger partial charge in [0.05, 0.1) is 4.90 Å². The van der Waals surface area contributed by atoms with E-state index < -0.39 is 9.84 Å². The number of hydrogen-bond acceptors (Lipinski definition) is 4. The molecule has 1 atom stereocenters. The van der Waals surface area contributed by atoms with Gasteiger partial charge in [-0.15, -0.1) is 11.3 Å². The predicted octanol–water partition coefficient (Wildman–Crippen LogP) is 3.16. The zero-order chi connectivity index (χ0) is 14.0. The van der Waals surface area contributed by atoms with Crippen molar-refractivity contribution in [1.29, 1.82) is 0 Å². The van der Waals surface area contributed by atoms with E-state index in [2.05, 4.69) is 15.9 Å². The lowest BCUT2D eigenvalue weighted by Gasteiger charge is -2.12. The predicted molar refractivity (Wildman–Crippen MR) is 82.2 cm³/mol. The lowest BCUT2D eigenvalue weighted by atomic mass is 10.0. The van der Waals surface area contributed by atoms with Gasteiger partial charge in [-0.1, -0.05) is 12.1 Å².